The Morgan fingerprint density at radius 2 is 2.56 bits per heavy atom. The van der Waals surface area contributed by atoms with Gasteiger partial charge >= 0.3 is 0 Å². The molecule has 0 amide bonds. The van der Waals surface area contributed by atoms with Crippen LogP contribution in [0.3, 0.4) is 0 Å². The second-order valence-corrected chi connectivity index (χ2v) is 3.15. The van der Waals surface area contributed by atoms with E-state index in [1.54, 1.807) is 11.3 Å². The van der Waals surface area contributed by atoms with E-state index in [0.717, 1.165) is 5.56 Å². The van der Waals surface area contributed by atoms with E-state index >= 15 is 0 Å². The minimum atomic E-state index is -0.337. The minimum absolute atomic E-state index is 0.337. The zero-order valence-corrected chi connectivity index (χ0v) is 7.15. The van der Waals surface area contributed by atoms with Crippen molar-refractivity contribution in [3.63, 3.8) is 0 Å². The van der Waals surface area contributed by atoms with E-state index in [9.17, 15) is 5.11 Å². The van der Waals surface area contributed by atoms with Gasteiger partial charge < -0.3 is 5.11 Å². The first kappa shape index (κ1) is 7.25. The summed E-state index contributed by atoms with van der Waals surface area (Å²) >= 11 is 4.79. The Morgan fingerprint density at radius 3 is 3.00 bits per heavy atom. The van der Waals surface area contributed by atoms with Gasteiger partial charge in [-0.1, -0.05) is 15.9 Å². The SMILES string of the molecule is OC(CBr)c1ccsc1. The van der Waals surface area contributed by atoms with Gasteiger partial charge in [-0.25, -0.2) is 0 Å². The fraction of sp³-hybridized carbons (Fsp3) is 0.333. The number of hydrogen-bond donors (Lipinski definition) is 1. The lowest BCUT2D eigenvalue weighted by Gasteiger charge is -2.00. The van der Waals surface area contributed by atoms with Crippen molar-refractivity contribution in [2.75, 3.05) is 5.33 Å². The third-order valence-electron chi connectivity index (χ3n) is 1.07. The number of alkyl halides is 1. The number of aliphatic hydroxyl groups is 1. The van der Waals surface area contributed by atoms with Gasteiger partial charge in [0.25, 0.3) is 0 Å². The van der Waals surface area contributed by atoms with Crippen LogP contribution in [-0.4, -0.2) is 10.4 Å². The molecule has 1 aromatic rings. The quantitative estimate of drug-likeness (QED) is 0.737. The summed E-state index contributed by atoms with van der Waals surface area (Å²) < 4.78 is 0. The molecule has 0 spiro atoms. The van der Waals surface area contributed by atoms with Crippen molar-refractivity contribution in [2.24, 2.45) is 0 Å². The van der Waals surface area contributed by atoms with Crippen LogP contribution < -0.4 is 0 Å². The van der Waals surface area contributed by atoms with Crippen LogP contribution in [0.2, 0.25) is 0 Å². The van der Waals surface area contributed by atoms with Crippen molar-refractivity contribution >= 4 is 27.3 Å². The number of rotatable bonds is 2. The zero-order chi connectivity index (χ0) is 6.69. The monoisotopic (exact) mass is 206 g/mol. The average molecular weight is 207 g/mol. The molecule has 0 aliphatic heterocycles. The predicted octanol–water partition coefficient (Wildman–Crippen LogP) is 2.18. The number of thiophene rings is 1. The molecule has 0 aromatic carbocycles. The van der Waals surface area contributed by atoms with Gasteiger partial charge in [0.15, 0.2) is 0 Å². The Labute approximate surface area is 66.5 Å². The second-order valence-electron chi connectivity index (χ2n) is 1.73. The first-order chi connectivity index (χ1) is 4.34. The molecular formula is C6H7BrOS. The van der Waals surface area contributed by atoms with Crippen molar-refractivity contribution in [3.8, 4) is 0 Å². The highest BCUT2D eigenvalue weighted by Gasteiger charge is 2.03. The van der Waals surface area contributed by atoms with E-state index in [2.05, 4.69) is 15.9 Å². The summed E-state index contributed by atoms with van der Waals surface area (Å²) in [5, 5.41) is 13.7. The summed E-state index contributed by atoms with van der Waals surface area (Å²) in [6.07, 6.45) is -0.337. The van der Waals surface area contributed by atoms with E-state index in [4.69, 9.17) is 0 Å². The van der Waals surface area contributed by atoms with Crippen LogP contribution in [0.15, 0.2) is 16.8 Å². The lowest BCUT2D eigenvalue weighted by Crippen LogP contribution is -1.94. The number of hydrogen-bond acceptors (Lipinski definition) is 2. The van der Waals surface area contributed by atoms with Gasteiger partial charge in [-0.05, 0) is 22.4 Å². The summed E-state index contributed by atoms with van der Waals surface area (Å²) in [5.74, 6) is 0. The van der Waals surface area contributed by atoms with Crippen LogP contribution in [0, 0.1) is 0 Å². The van der Waals surface area contributed by atoms with Crippen molar-refractivity contribution in [2.45, 2.75) is 6.10 Å². The molecule has 1 unspecified atom stereocenters. The Kier molecular flexibility index (Phi) is 2.69. The van der Waals surface area contributed by atoms with Crippen molar-refractivity contribution in [1.29, 1.82) is 0 Å². The van der Waals surface area contributed by atoms with Crippen molar-refractivity contribution in [3.05, 3.63) is 22.4 Å². The Morgan fingerprint density at radius 1 is 1.78 bits per heavy atom. The van der Waals surface area contributed by atoms with Crippen molar-refractivity contribution < 1.29 is 5.11 Å². The molecule has 1 atom stereocenters. The summed E-state index contributed by atoms with van der Waals surface area (Å²) in [6, 6.07) is 1.93. The highest BCUT2D eigenvalue weighted by molar-refractivity contribution is 9.09. The number of halogens is 1. The molecule has 1 rings (SSSR count). The van der Waals surface area contributed by atoms with Gasteiger partial charge in [-0.2, -0.15) is 11.3 Å². The molecule has 50 valence electrons. The highest BCUT2D eigenvalue weighted by atomic mass is 79.9. The van der Waals surface area contributed by atoms with Crippen LogP contribution in [0.5, 0.6) is 0 Å². The molecule has 0 aliphatic carbocycles. The van der Waals surface area contributed by atoms with E-state index < -0.39 is 0 Å². The minimum Gasteiger partial charge on any atom is -0.388 e. The maximum absolute atomic E-state index is 9.18. The molecule has 1 nitrogen and oxygen atoms in total. The molecule has 3 heteroatoms. The van der Waals surface area contributed by atoms with Gasteiger partial charge in [0.1, 0.15) is 0 Å². The second kappa shape index (κ2) is 3.34. The maximum atomic E-state index is 9.18. The third kappa shape index (κ3) is 1.78. The normalized spacial score (nSPS) is 13.6. The van der Waals surface area contributed by atoms with E-state index in [0.29, 0.717) is 5.33 Å². The number of aliphatic hydroxyl groups excluding tert-OH is 1. The van der Waals surface area contributed by atoms with Gasteiger partial charge in [0.05, 0.1) is 6.10 Å². The highest BCUT2D eigenvalue weighted by Crippen LogP contribution is 2.17. The molecule has 0 bridgehead atoms. The first-order valence-corrected chi connectivity index (χ1v) is 4.67. The van der Waals surface area contributed by atoms with E-state index in [1.807, 2.05) is 16.8 Å². The van der Waals surface area contributed by atoms with Gasteiger partial charge in [0, 0.05) is 5.33 Å². The smallest absolute Gasteiger partial charge is 0.0894 e. The Hall–Kier alpha value is 0.140. The molecule has 0 saturated heterocycles. The Bertz CT molecular complexity index is 162. The van der Waals surface area contributed by atoms with Crippen LogP contribution in [0.25, 0.3) is 0 Å². The standard InChI is InChI=1S/C6H7BrOS/c7-3-6(8)5-1-2-9-4-5/h1-2,4,6,8H,3H2. The molecule has 1 aromatic heterocycles. The predicted molar refractivity (Wildman–Crippen MR) is 43.1 cm³/mol. The van der Waals surface area contributed by atoms with Crippen LogP contribution >= 0.6 is 27.3 Å². The molecule has 9 heavy (non-hydrogen) atoms. The Balaban J connectivity index is 2.65. The zero-order valence-electron chi connectivity index (χ0n) is 4.75. The molecule has 1 N–H and O–H groups in total. The summed E-state index contributed by atoms with van der Waals surface area (Å²) in [5.41, 5.74) is 0.997. The van der Waals surface area contributed by atoms with Crippen LogP contribution in [-0.2, 0) is 0 Å². The molecule has 1 heterocycles. The maximum Gasteiger partial charge on any atom is 0.0894 e. The topological polar surface area (TPSA) is 20.2 Å². The van der Waals surface area contributed by atoms with Gasteiger partial charge in [-0.3, -0.25) is 0 Å². The molecule has 0 aliphatic rings. The lowest BCUT2D eigenvalue weighted by atomic mass is 10.2. The largest absolute Gasteiger partial charge is 0.388 e. The summed E-state index contributed by atoms with van der Waals surface area (Å²) in [6.45, 7) is 0. The van der Waals surface area contributed by atoms with E-state index in [1.165, 1.54) is 0 Å². The summed E-state index contributed by atoms with van der Waals surface area (Å²) in [4.78, 5) is 0. The van der Waals surface area contributed by atoms with Crippen LogP contribution in [0.1, 0.15) is 11.7 Å². The lowest BCUT2D eigenvalue weighted by molar-refractivity contribution is 0.206. The van der Waals surface area contributed by atoms with Gasteiger partial charge in [-0.15, -0.1) is 0 Å². The molecule has 0 saturated carbocycles. The third-order valence-corrected chi connectivity index (χ3v) is 2.39. The van der Waals surface area contributed by atoms with Gasteiger partial charge in [0.2, 0.25) is 0 Å². The molecule has 0 radical (unpaired) electrons. The molecular weight excluding hydrogens is 200 g/mol. The molecule has 0 fully saturated rings. The fourth-order valence-corrected chi connectivity index (χ4v) is 1.63. The van der Waals surface area contributed by atoms with Crippen LogP contribution in [0.4, 0.5) is 0 Å². The fourth-order valence-electron chi connectivity index (χ4n) is 0.554. The average Bonchev–Trinajstić information content (AvgIpc) is 2.37. The van der Waals surface area contributed by atoms with E-state index in [-0.39, 0.29) is 6.10 Å². The first-order valence-electron chi connectivity index (χ1n) is 2.60. The van der Waals surface area contributed by atoms with Crippen molar-refractivity contribution in [1.82, 2.24) is 0 Å². The summed E-state index contributed by atoms with van der Waals surface area (Å²) in [7, 11) is 0.